The molecular formula is C15H26N4. The first-order chi connectivity index (χ1) is 9.03. The molecule has 0 radical (unpaired) electrons. The lowest BCUT2D eigenvalue weighted by atomic mass is 9.96. The van der Waals surface area contributed by atoms with Gasteiger partial charge in [-0.15, -0.1) is 0 Å². The molecule has 1 atom stereocenters. The highest BCUT2D eigenvalue weighted by Gasteiger charge is 2.35. The predicted octanol–water partition coefficient (Wildman–Crippen LogP) is 1.33. The third-order valence-corrected chi connectivity index (χ3v) is 4.22. The van der Waals surface area contributed by atoms with Crippen molar-refractivity contribution >= 4 is 0 Å². The maximum absolute atomic E-state index is 6.02. The molecule has 0 amide bonds. The van der Waals surface area contributed by atoms with Crippen molar-refractivity contribution in [2.45, 2.75) is 38.4 Å². The number of hydrogen-bond donors (Lipinski definition) is 1. The fourth-order valence-electron chi connectivity index (χ4n) is 2.88. The average molecular weight is 262 g/mol. The molecule has 0 spiro atoms. The Balaban J connectivity index is 2.21. The average Bonchev–Trinajstić information content (AvgIpc) is 2.51. The topological polar surface area (TPSA) is 45.4 Å². The summed E-state index contributed by atoms with van der Waals surface area (Å²) >= 11 is 0. The number of nitrogens with zero attached hydrogens (tertiary/aromatic N) is 3. The van der Waals surface area contributed by atoms with Crippen molar-refractivity contribution in [3.63, 3.8) is 0 Å². The fraction of sp³-hybridized carbons (Fsp3) is 0.667. The van der Waals surface area contributed by atoms with Crippen LogP contribution in [0, 0.1) is 0 Å². The Morgan fingerprint density at radius 3 is 2.68 bits per heavy atom. The minimum atomic E-state index is 0.179. The lowest BCUT2D eigenvalue weighted by molar-refractivity contribution is 0.0702. The quantitative estimate of drug-likeness (QED) is 0.892. The van der Waals surface area contributed by atoms with Gasteiger partial charge in [-0.1, -0.05) is 0 Å². The molecule has 0 saturated carbocycles. The lowest BCUT2D eigenvalue weighted by Crippen LogP contribution is -2.52. The molecule has 0 aliphatic carbocycles. The lowest BCUT2D eigenvalue weighted by Gasteiger charge is -2.41. The third kappa shape index (κ3) is 3.53. The summed E-state index contributed by atoms with van der Waals surface area (Å²) in [5, 5.41) is 0. The van der Waals surface area contributed by atoms with E-state index >= 15 is 0 Å². The highest BCUT2D eigenvalue weighted by atomic mass is 15.3. The van der Waals surface area contributed by atoms with Crippen molar-refractivity contribution < 1.29 is 0 Å². The van der Waals surface area contributed by atoms with Crippen molar-refractivity contribution in [2.75, 3.05) is 26.7 Å². The second-order valence-electron chi connectivity index (χ2n) is 6.20. The van der Waals surface area contributed by atoms with Crippen LogP contribution in [0.4, 0.5) is 0 Å². The maximum Gasteiger partial charge on any atom is 0.0354 e. The molecule has 0 bridgehead atoms. The van der Waals surface area contributed by atoms with Crippen molar-refractivity contribution in [2.24, 2.45) is 5.73 Å². The van der Waals surface area contributed by atoms with Crippen LogP contribution in [0.2, 0.25) is 0 Å². The molecule has 19 heavy (non-hydrogen) atoms. The summed E-state index contributed by atoms with van der Waals surface area (Å²) in [5.41, 5.74) is 7.51. The Morgan fingerprint density at radius 2 is 2.05 bits per heavy atom. The third-order valence-electron chi connectivity index (χ3n) is 4.22. The van der Waals surface area contributed by atoms with Crippen LogP contribution in [0.25, 0.3) is 0 Å². The van der Waals surface area contributed by atoms with E-state index in [-0.39, 0.29) is 5.54 Å². The second kappa shape index (κ2) is 5.99. The molecule has 1 saturated heterocycles. The van der Waals surface area contributed by atoms with Crippen LogP contribution in [0.15, 0.2) is 24.5 Å². The van der Waals surface area contributed by atoms with Gasteiger partial charge >= 0.3 is 0 Å². The molecule has 1 fully saturated rings. The Kier molecular flexibility index (Phi) is 4.55. The van der Waals surface area contributed by atoms with Crippen molar-refractivity contribution in [3.05, 3.63) is 30.1 Å². The number of hydrogen-bond acceptors (Lipinski definition) is 4. The van der Waals surface area contributed by atoms with Gasteiger partial charge in [-0.05, 0) is 51.6 Å². The number of aromatic nitrogens is 1. The largest absolute Gasteiger partial charge is 0.329 e. The summed E-state index contributed by atoms with van der Waals surface area (Å²) in [5.74, 6) is 0. The summed E-state index contributed by atoms with van der Waals surface area (Å²) < 4.78 is 0. The molecule has 0 aromatic carbocycles. The van der Waals surface area contributed by atoms with E-state index in [1.807, 2.05) is 12.4 Å². The predicted molar refractivity (Wildman–Crippen MR) is 78.8 cm³/mol. The van der Waals surface area contributed by atoms with Crippen molar-refractivity contribution in [1.29, 1.82) is 0 Å². The van der Waals surface area contributed by atoms with Gasteiger partial charge in [0.05, 0.1) is 0 Å². The summed E-state index contributed by atoms with van der Waals surface area (Å²) in [6.45, 7) is 8.50. The van der Waals surface area contributed by atoms with Gasteiger partial charge in [0, 0.05) is 43.6 Å². The van der Waals surface area contributed by atoms with E-state index < -0.39 is 0 Å². The number of nitrogens with two attached hydrogens (primary N) is 1. The van der Waals surface area contributed by atoms with Gasteiger partial charge in [0.15, 0.2) is 0 Å². The Hall–Kier alpha value is -0.970. The van der Waals surface area contributed by atoms with Crippen molar-refractivity contribution in [3.8, 4) is 0 Å². The molecule has 1 aromatic heterocycles. The van der Waals surface area contributed by atoms with Crippen LogP contribution in [0.1, 0.15) is 25.8 Å². The summed E-state index contributed by atoms with van der Waals surface area (Å²) in [6.07, 6.45) is 4.90. The van der Waals surface area contributed by atoms with Gasteiger partial charge in [-0.25, -0.2) is 0 Å². The molecule has 4 heteroatoms. The highest BCUT2D eigenvalue weighted by molar-refractivity contribution is 5.11. The van der Waals surface area contributed by atoms with Crippen LogP contribution in [-0.4, -0.2) is 53.0 Å². The molecule has 1 aromatic rings. The zero-order valence-electron chi connectivity index (χ0n) is 12.3. The minimum Gasteiger partial charge on any atom is -0.329 e. The second-order valence-corrected chi connectivity index (χ2v) is 6.20. The van der Waals surface area contributed by atoms with Gasteiger partial charge in [0.1, 0.15) is 0 Å². The molecular weight excluding hydrogens is 236 g/mol. The van der Waals surface area contributed by atoms with E-state index in [0.717, 1.165) is 19.6 Å². The van der Waals surface area contributed by atoms with E-state index in [0.29, 0.717) is 12.6 Å². The number of likely N-dealkylation sites (N-methyl/N-ethyl adjacent to an activating group) is 1. The van der Waals surface area contributed by atoms with Crippen LogP contribution < -0.4 is 5.73 Å². The van der Waals surface area contributed by atoms with Crippen LogP contribution in [0.3, 0.4) is 0 Å². The van der Waals surface area contributed by atoms with E-state index in [1.54, 1.807) is 0 Å². The molecule has 1 aliphatic heterocycles. The summed E-state index contributed by atoms with van der Waals surface area (Å²) in [6, 6.07) is 4.60. The highest BCUT2D eigenvalue weighted by Crippen LogP contribution is 2.27. The SMILES string of the molecule is CN1CCC(C)(C)N(Cc2ccncc2)C(CN)C1. The fourth-order valence-corrected chi connectivity index (χ4v) is 2.88. The Bertz CT molecular complexity index is 390. The van der Waals surface area contributed by atoms with Crippen LogP contribution in [0.5, 0.6) is 0 Å². The van der Waals surface area contributed by atoms with Gasteiger partial charge in [0.2, 0.25) is 0 Å². The number of pyridine rings is 1. The Labute approximate surface area is 116 Å². The monoisotopic (exact) mass is 262 g/mol. The molecule has 2 N–H and O–H groups in total. The van der Waals surface area contributed by atoms with Gasteiger partial charge in [-0.3, -0.25) is 9.88 Å². The zero-order chi connectivity index (χ0) is 13.9. The van der Waals surface area contributed by atoms with Crippen LogP contribution in [-0.2, 0) is 6.54 Å². The molecule has 2 heterocycles. The minimum absolute atomic E-state index is 0.179. The van der Waals surface area contributed by atoms with Crippen LogP contribution >= 0.6 is 0 Å². The van der Waals surface area contributed by atoms with E-state index in [2.05, 4.69) is 47.8 Å². The van der Waals surface area contributed by atoms with E-state index in [9.17, 15) is 0 Å². The molecule has 106 valence electrons. The number of rotatable bonds is 3. The normalized spacial score (nSPS) is 25.2. The molecule has 1 aliphatic rings. The Morgan fingerprint density at radius 1 is 1.37 bits per heavy atom. The maximum atomic E-state index is 6.02. The summed E-state index contributed by atoms with van der Waals surface area (Å²) in [4.78, 5) is 9.05. The van der Waals surface area contributed by atoms with E-state index in [1.165, 1.54) is 12.0 Å². The van der Waals surface area contributed by atoms with Crippen molar-refractivity contribution in [1.82, 2.24) is 14.8 Å². The smallest absolute Gasteiger partial charge is 0.0354 e. The van der Waals surface area contributed by atoms with Gasteiger partial charge < -0.3 is 10.6 Å². The van der Waals surface area contributed by atoms with E-state index in [4.69, 9.17) is 5.73 Å². The zero-order valence-corrected chi connectivity index (χ0v) is 12.3. The van der Waals surface area contributed by atoms with Gasteiger partial charge in [-0.2, -0.15) is 0 Å². The molecule has 4 nitrogen and oxygen atoms in total. The standard InChI is InChI=1S/C15H26N4/c1-15(2)6-9-18(3)12-14(10-16)19(15)11-13-4-7-17-8-5-13/h4-5,7-8,14H,6,9-12,16H2,1-3H3. The molecule has 2 rings (SSSR count). The first-order valence-corrected chi connectivity index (χ1v) is 7.07. The first-order valence-electron chi connectivity index (χ1n) is 7.07. The summed E-state index contributed by atoms with van der Waals surface area (Å²) in [7, 11) is 2.19. The van der Waals surface area contributed by atoms with Gasteiger partial charge in [0.25, 0.3) is 0 Å². The molecule has 1 unspecified atom stereocenters. The first kappa shape index (κ1) is 14.4.